The lowest BCUT2D eigenvalue weighted by Gasteiger charge is -2.29. The largest absolute Gasteiger partial charge is 0.453 e. The number of halogens is 7. The number of carbonyl (C=O) groups is 3. The van der Waals surface area contributed by atoms with Crippen LogP contribution in [0.5, 0.6) is 0 Å². The average Bonchev–Trinajstić information content (AvgIpc) is 1.05. The minimum absolute atomic E-state index is 0.0462. The molecule has 5 aromatic heterocycles. The summed E-state index contributed by atoms with van der Waals surface area (Å²) in [6.45, 7) is 11.5. The number of nitrogens with zero attached hydrogens (tertiary/aromatic N) is 7. The summed E-state index contributed by atoms with van der Waals surface area (Å²) in [6, 6.07) is 17.0. The molecule has 8 heterocycles. The standard InChI is InChI=1S/C27H28F3N5O5.C25H26F3N5O3.C9H11BrN2O2/c1-17-22(14-21(15-32-17)33-24(36)18-4-3-5-20(12-18)27(28,29)30)19-13-23(34-8-10-40-11-9-34)25(37)35(16-19)7-6-31-26(38)39-2;1-16-21(18-12-22(32-7-9-36-10-8-32)24(35)33(15-18)6-5-29)13-20(14-30-16)31-23(34)17-3-2-4-19(11-17)25(26,27)28;10-7-5-8(9(13)11-6-7)12-1-3-14-4-2-12/h3-5,12-16H,6-11H2,1-2H3,(H,31,38)(H,33,36);2-4,11-15H,5-10,29H2,1H3,(H,31,34);5-6H,1-4H2,(H,11,13). The number of morpholine rings is 3. The molecule has 22 nitrogen and oxygen atoms in total. The Balaban J connectivity index is 0.000000192. The highest BCUT2D eigenvalue weighted by Crippen LogP contribution is 2.33. The van der Waals surface area contributed by atoms with Crippen LogP contribution in [-0.2, 0) is 44.4 Å². The molecule has 0 bridgehead atoms. The molecule has 0 aliphatic carbocycles. The van der Waals surface area contributed by atoms with Gasteiger partial charge in [0, 0.05) is 133 Å². The van der Waals surface area contributed by atoms with E-state index < -0.39 is 41.4 Å². The molecule has 0 unspecified atom stereocenters. The third-order valence-corrected chi connectivity index (χ3v) is 14.9. The van der Waals surface area contributed by atoms with Gasteiger partial charge in [0.2, 0.25) is 0 Å². The second-order valence-electron chi connectivity index (χ2n) is 20.5. The Bertz CT molecular complexity index is 3860. The second kappa shape index (κ2) is 30.5. The summed E-state index contributed by atoms with van der Waals surface area (Å²) in [5.41, 5.74) is 9.23. The Hall–Kier alpha value is -8.90. The molecule has 10 rings (SSSR count). The number of aromatic amines is 1. The van der Waals surface area contributed by atoms with Gasteiger partial charge in [0.05, 0.1) is 81.6 Å². The van der Waals surface area contributed by atoms with Crippen LogP contribution < -0.4 is 53.1 Å². The van der Waals surface area contributed by atoms with Crippen molar-refractivity contribution in [1.29, 1.82) is 0 Å². The summed E-state index contributed by atoms with van der Waals surface area (Å²) in [4.78, 5) is 92.2. The molecule has 29 heteroatoms. The Labute approximate surface area is 520 Å². The van der Waals surface area contributed by atoms with Crippen molar-refractivity contribution < 1.29 is 59.7 Å². The second-order valence-corrected chi connectivity index (χ2v) is 21.5. The fourth-order valence-electron chi connectivity index (χ4n) is 9.77. The molecular weight excluding hydrogens is 1250 g/mol. The maximum absolute atomic E-state index is 13.3. The molecule has 3 aliphatic heterocycles. The fourth-order valence-corrected chi connectivity index (χ4v) is 10.1. The Morgan fingerprint density at radius 1 is 0.622 bits per heavy atom. The molecule has 478 valence electrons. The van der Waals surface area contributed by atoms with Crippen LogP contribution >= 0.6 is 15.9 Å². The molecule has 0 spiro atoms. The summed E-state index contributed by atoms with van der Waals surface area (Å²) in [5, 5.41) is 7.78. The van der Waals surface area contributed by atoms with Gasteiger partial charge < -0.3 is 69.4 Å². The highest BCUT2D eigenvalue weighted by atomic mass is 79.9. The van der Waals surface area contributed by atoms with E-state index in [0.717, 1.165) is 41.8 Å². The zero-order valence-corrected chi connectivity index (χ0v) is 50.7. The van der Waals surface area contributed by atoms with Gasteiger partial charge in [-0.15, -0.1) is 0 Å². The molecule has 2 aromatic carbocycles. The van der Waals surface area contributed by atoms with Crippen molar-refractivity contribution in [2.45, 2.75) is 39.3 Å². The molecular formula is C61H65BrF6N12O10. The first-order valence-electron chi connectivity index (χ1n) is 28.3. The van der Waals surface area contributed by atoms with Crippen molar-refractivity contribution >= 4 is 62.3 Å². The van der Waals surface area contributed by atoms with Gasteiger partial charge in [-0.1, -0.05) is 12.1 Å². The number of methoxy groups -OCH3 is 1. The fraction of sp³-hybridized carbons (Fsp3) is 0.344. The lowest BCUT2D eigenvalue weighted by molar-refractivity contribution is -0.138. The number of aryl methyl sites for hydroxylation is 2. The lowest BCUT2D eigenvalue weighted by atomic mass is 10.0. The quantitative estimate of drug-likeness (QED) is 0.0647. The van der Waals surface area contributed by atoms with Crippen molar-refractivity contribution in [3.05, 3.63) is 179 Å². The van der Waals surface area contributed by atoms with Crippen LogP contribution in [0.3, 0.4) is 0 Å². The summed E-state index contributed by atoms with van der Waals surface area (Å²) in [5.74, 6) is -1.42. The molecule has 0 saturated carbocycles. The van der Waals surface area contributed by atoms with Gasteiger partial charge in [-0.25, -0.2) is 4.79 Å². The SMILES string of the molecule is COC(=O)NCCn1cc(-c2cc(NC(=O)c3cccc(C(F)(F)F)c3)cnc2C)cc(N2CCOCC2)c1=O.Cc1ncc(NC(=O)c2cccc(C(F)(F)F)c2)cc1-c1cc(N2CCOCC2)c(=O)n(CCN)c1.O=c1[nH]cc(Br)cc1N1CCOCC1. The molecule has 3 amide bonds. The number of rotatable bonds is 14. The van der Waals surface area contributed by atoms with Gasteiger partial charge in [-0.3, -0.25) is 33.9 Å². The number of amides is 3. The normalized spacial score (nSPS) is 14.3. The van der Waals surface area contributed by atoms with E-state index in [4.69, 9.17) is 19.9 Å². The number of benzene rings is 2. The minimum Gasteiger partial charge on any atom is -0.453 e. The Kier molecular flexibility index (Phi) is 22.7. The van der Waals surface area contributed by atoms with Crippen LogP contribution in [0.1, 0.15) is 43.2 Å². The summed E-state index contributed by atoms with van der Waals surface area (Å²) < 4.78 is 103. The van der Waals surface area contributed by atoms with Crippen LogP contribution in [0.15, 0.2) is 129 Å². The number of anilines is 5. The van der Waals surface area contributed by atoms with Gasteiger partial charge in [0.25, 0.3) is 28.5 Å². The first kappa shape index (κ1) is 67.0. The van der Waals surface area contributed by atoms with Crippen LogP contribution in [0.2, 0.25) is 0 Å². The minimum atomic E-state index is -4.58. The third-order valence-electron chi connectivity index (χ3n) is 14.4. The van der Waals surface area contributed by atoms with E-state index in [2.05, 4.69) is 51.6 Å². The number of ether oxygens (including phenoxy) is 4. The smallest absolute Gasteiger partial charge is 0.416 e. The van der Waals surface area contributed by atoms with Gasteiger partial charge in [-0.05, 0) is 96.5 Å². The highest BCUT2D eigenvalue weighted by molar-refractivity contribution is 9.10. The van der Waals surface area contributed by atoms with Crippen molar-refractivity contribution in [2.75, 3.05) is 124 Å². The number of alkyl halides is 6. The molecule has 6 N–H and O–H groups in total. The van der Waals surface area contributed by atoms with Gasteiger partial charge in [0.15, 0.2) is 0 Å². The summed E-state index contributed by atoms with van der Waals surface area (Å²) >= 11 is 3.33. The Morgan fingerprint density at radius 2 is 1.04 bits per heavy atom. The number of carbonyl (C=O) groups excluding carboxylic acids is 3. The van der Waals surface area contributed by atoms with Crippen molar-refractivity contribution in [3.63, 3.8) is 0 Å². The molecule has 3 fully saturated rings. The third kappa shape index (κ3) is 17.7. The number of pyridine rings is 5. The summed E-state index contributed by atoms with van der Waals surface area (Å²) in [6.07, 6.45) is -1.95. The number of nitrogens with two attached hydrogens (primary N) is 1. The zero-order valence-electron chi connectivity index (χ0n) is 49.1. The number of aromatic nitrogens is 5. The number of hydrogen-bond acceptors (Lipinski definition) is 16. The van der Waals surface area contributed by atoms with Crippen molar-refractivity contribution in [3.8, 4) is 22.3 Å². The maximum Gasteiger partial charge on any atom is 0.416 e. The Morgan fingerprint density at radius 3 is 1.46 bits per heavy atom. The zero-order chi connectivity index (χ0) is 64.7. The molecule has 0 atom stereocenters. The monoisotopic (exact) mass is 1320 g/mol. The molecule has 0 radical (unpaired) electrons. The molecule has 7 aromatic rings. The molecule has 90 heavy (non-hydrogen) atoms. The van der Waals surface area contributed by atoms with E-state index in [1.165, 1.54) is 48.3 Å². The molecule has 3 aliphatic rings. The predicted molar refractivity (Wildman–Crippen MR) is 329 cm³/mol. The van der Waals surface area contributed by atoms with Gasteiger partial charge >= 0.3 is 18.4 Å². The van der Waals surface area contributed by atoms with Gasteiger partial charge in [0.1, 0.15) is 17.1 Å². The highest BCUT2D eigenvalue weighted by Gasteiger charge is 2.32. The lowest BCUT2D eigenvalue weighted by Crippen LogP contribution is -2.41. The molecule has 3 saturated heterocycles. The van der Waals surface area contributed by atoms with E-state index >= 15 is 0 Å². The average molecular weight is 1320 g/mol. The number of hydrogen-bond donors (Lipinski definition) is 5. The maximum atomic E-state index is 13.3. The van der Waals surface area contributed by atoms with E-state index in [9.17, 15) is 55.1 Å². The van der Waals surface area contributed by atoms with Crippen molar-refractivity contribution in [2.24, 2.45) is 5.73 Å². The van der Waals surface area contributed by atoms with Crippen LogP contribution in [-0.4, -0.2) is 141 Å². The number of alkyl carbamates (subject to hydrolysis) is 1. The predicted octanol–water partition coefficient (Wildman–Crippen LogP) is 7.94. The van der Waals surface area contributed by atoms with E-state index in [-0.39, 0.29) is 53.1 Å². The van der Waals surface area contributed by atoms with E-state index in [1.807, 2.05) is 20.8 Å². The number of H-pyrrole nitrogens is 1. The van der Waals surface area contributed by atoms with Gasteiger partial charge in [-0.2, -0.15) is 26.3 Å². The first-order valence-corrected chi connectivity index (χ1v) is 29.1. The van der Waals surface area contributed by atoms with Crippen LogP contribution in [0.4, 0.5) is 59.6 Å². The summed E-state index contributed by atoms with van der Waals surface area (Å²) in [7, 11) is 1.24. The van der Waals surface area contributed by atoms with Crippen LogP contribution in [0.25, 0.3) is 22.3 Å². The van der Waals surface area contributed by atoms with Crippen LogP contribution in [0, 0.1) is 13.8 Å². The van der Waals surface area contributed by atoms with Crippen molar-refractivity contribution in [1.82, 2.24) is 29.4 Å². The van der Waals surface area contributed by atoms with E-state index in [1.54, 1.807) is 61.3 Å². The van der Waals surface area contributed by atoms with E-state index in [0.29, 0.717) is 129 Å². The number of nitrogens with one attached hydrogen (secondary N) is 4. The first-order chi connectivity index (χ1) is 43.0. The topological polar surface area (TPSA) is 263 Å².